The van der Waals surface area contributed by atoms with E-state index in [4.69, 9.17) is 9.47 Å². The van der Waals surface area contributed by atoms with E-state index in [1.165, 1.54) is 31.3 Å². The minimum atomic E-state index is -1.04. The second kappa shape index (κ2) is 10.7. The molecule has 0 radical (unpaired) electrons. The van der Waals surface area contributed by atoms with Gasteiger partial charge in [-0.15, -0.1) is 0 Å². The molecule has 1 aliphatic heterocycles. The lowest BCUT2D eigenvalue weighted by molar-refractivity contribution is -0.158. The van der Waals surface area contributed by atoms with Crippen molar-refractivity contribution in [1.82, 2.24) is 9.80 Å². The van der Waals surface area contributed by atoms with E-state index >= 15 is 0 Å². The van der Waals surface area contributed by atoms with E-state index < -0.39 is 48.1 Å². The van der Waals surface area contributed by atoms with Crippen LogP contribution in [-0.4, -0.2) is 66.4 Å². The van der Waals surface area contributed by atoms with E-state index in [-0.39, 0.29) is 36.8 Å². The number of carbonyl (C=O) groups is 4. The lowest BCUT2D eigenvalue weighted by Gasteiger charge is -2.32. The van der Waals surface area contributed by atoms with Crippen molar-refractivity contribution in [2.45, 2.75) is 57.2 Å². The largest absolute Gasteiger partial charge is 0.468 e. The van der Waals surface area contributed by atoms with Crippen molar-refractivity contribution in [3.8, 4) is 0 Å². The van der Waals surface area contributed by atoms with Gasteiger partial charge in [0.1, 0.15) is 12.6 Å². The number of hydrogen-bond donors (Lipinski definition) is 0. The van der Waals surface area contributed by atoms with Crippen molar-refractivity contribution < 1.29 is 37.4 Å². The fourth-order valence-corrected chi connectivity index (χ4v) is 4.13. The Morgan fingerprint density at radius 2 is 1.88 bits per heavy atom. The first-order valence-corrected chi connectivity index (χ1v) is 10.9. The number of carbonyl (C=O) groups excluding carboxylic acids is 4. The molecule has 1 saturated carbocycles. The summed E-state index contributed by atoms with van der Waals surface area (Å²) in [5, 5.41) is 0. The highest BCUT2D eigenvalue weighted by Crippen LogP contribution is 2.35. The smallest absolute Gasteiger partial charge is 0.328 e. The molecule has 0 bridgehead atoms. The van der Waals surface area contributed by atoms with Gasteiger partial charge in [0, 0.05) is 31.0 Å². The average Bonchev–Trinajstić information content (AvgIpc) is 3.57. The molecular formula is C23H28F2N2O6. The molecule has 3 rings (SSSR count). The van der Waals surface area contributed by atoms with Crippen molar-refractivity contribution in [3.63, 3.8) is 0 Å². The standard InChI is InChI=1S/C23H28F2N2O6/c1-32-21(30)13-27(18(23(31)33-2)10-14-6-7-14)20(29)11-16-8-9-19(28)26(16)12-15-4-3-5-17(24)22(15)25/h3-5,14,16,18H,6-13H2,1-2H3/t16-,18-/m0/s1. The molecule has 0 spiro atoms. The van der Waals surface area contributed by atoms with Crippen molar-refractivity contribution >= 4 is 23.8 Å². The summed E-state index contributed by atoms with van der Waals surface area (Å²) in [7, 11) is 2.40. The second-order valence-electron chi connectivity index (χ2n) is 8.45. The first-order valence-electron chi connectivity index (χ1n) is 10.9. The van der Waals surface area contributed by atoms with Gasteiger partial charge in [0.25, 0.3) is 0 Å². The van der Waals surface area contributed by atoms with Crippen molar-refractivity contribution in [3.05, 3.63) is 35.4 Å². The molecular weight excluding hydrogens is 438 g/mol. The third-order valence-corrected chi connectivity index (χ3v) is 6.19. The first-order chi connectivity index (χ1) is 15.7. The normalized spacial score (nSPS) is 18.7. The molecule has 1 saturated heterocycles. The summed E-state index contributed by atoms with van der Waals surface area (Å²) in [5.41, 5.74) is 0.00952. The van der Waals surface area contributed by atoms with Gasteiger partial charge in [-0.1, -0.05) is 25.0 Å². The predicted molar refractivity (Wildman–Crippen MR) is 111 cm³/mol. The maximum atomic E-state index is 14.2. The third-order valence-electron chi connectivity index (χ3n) is 6.19. The number of methoxy groups -OCH3 is 2. The molecule has 2 amide bonds. The summed E-state index contributed by atoms with van der Waals surface area (Å²) >= 11 is 0. The van der Waals surface area contributed by atoms with Crippen LogP contribution in [0.1, 0.15) is 44.1 Å². The van der Waals surface area contributed by atoms with Gasteiger partial charge < -0.3 is 19.3 Å². The molecule has 10 heteroatoms. The molecule has 0 unspecified atom stereocenters. The molecule has 2 atom stereocenters. The van der Waals surface area contributed by atoms with E-state index in [1.807, 2.05) is 0 Å². The highest BCUT2D eigenvalue weighted by molar-refractivity contribution is 5.89. The summed E-state index contributed by atoms with van der Waals surface area (Å²) in [6, 6.07) is 2.21. The quantitative estimate of drug-likeness (QED) is 0.491. The Hall–Kier alpha value is -3.04. The first kappa shape index (κ1) is 24.6. The van der Waals surface area contributed by atoms with Gasteiger partial charge in [-0.2, -0.15) is 0 Å². The fraction of sp³-hybridized carbons (Fsp3) is 0.565. The van der Waals surface area contributed by atoms with E-state index in [2.05, 4.69) is 0 Å². The summed E-state index contributed by atoms with van der Waals surface area (Å²) < 4.78 is 37.3. The zero-order valence-corrected chi connectivity index (χ0v) is 18.7. The van der Waals surface area contributed by atoms with Crippen LogP contribution in [0.2, 0.25) is 0 Å². The van der Waals surface area contributed by atoms with Gasteiger partial charge in [-0.3, -0.25) is 14.4 Å². The average molecular weight is 466 g/mol. The van der Waals surface area contributed by atoms with Gasteiger partial charge in [0.15, 0.2) is 11.6 Å². The molecule has 2 fully saturated rings. The van der Waals surface area contributed by atoms with Gasteiger partial charge in [0.05, 0.1) is 14.2 Å². The van der Waals surface area contributed by atoms with Crippen LogP contribution in [0.15, 0.2) is 18.2 Å². The van der Waals surface area contributed by atoms with Crippen molar-refractivity contribution in [1.29, 1.82) is 0 Å². The zero-order valence-electron chi connectivity index (χ0n) is 18.7. The topological polar surface area (TPSA) is 93.2 Å². The van der Waals surface area contributed by atoms with E-state index in [1.54, 1.807) is 0 Å². The van der Waals surface area contributed by atoms with Crippen LogP contribution in [0.5, 0.6) is 0 Å². The van der Waals surface area contributed by atoms with Gasteiger partial charge >= 0.3 is 11.9 Å². The van der Waals surface area contributed by atoms with E-state index in [0.717, 1.165) is 23.8 Å². The monoisotopic (exact) mass is 466 g/mol. The minimum absolute atomic E-state index is 0.00952. The maximum Gasteiger partial charge on any atom is 0.328 e. The Balaban J connectivity index is 1.78. The van der Waals surface area contributed by atoms with Gasteiger partial charge in [-0.05, 0) is 24.8 Å². The summed E-state index contributed by atoms with van der Waals surface area (Å²) in [4.78, 5) is 52.7. The predicted octanol–water partition coefficient (Wildman–Crippen LogP) is 2.19. The Kier molecular flexibility index (Phi) is 7.99. The molecule has 1 aromatic rings. The Morgan fingerprint density at radius 1 is 1.15 bits per heavy atom. The van der Waals surface area contributed by atoms with Crippen LogP contribution in [0.4, 0.5) is 8.78 Å². The van der Waals surface area contributed by atoms with Crippen molar-refractivity contribution in [2.75, 3.05) is 20.8 Å². The number of rotatable bonds is 10. The van der Waals surface area contributed by atoms with Crippen LogP contribution in [0, 0.1) is 17.6 Å². The van der Waals surface area contributed by atoms with Crippen LogP contribution in [-0.2, 0) is 35.2 Å². The van der Waals surface area contributed by atoms with E-state index in [0.29, 0.717) is 12.8 Å². The Morgan fingerprint density at radius 3 is 2.52 bits per heavy atom. The molecule has 1 aliphatic carbocycles. The molecule has 33 heavy (non-hydrogen) atoms. The maximum absolute atomic E-state index is 14.2. The molecule has 180 valence electrons. The molecule has 0 aromatic heterocycles. The van der Waals surface area contributed by atoms with Gasteiger partial charge in [0.2, 0.25) is 11.8 Å². The highest BCUT2D eigenvalue weighted by atomic mass is 19.2. The Labute approximate surface area is 190 Å². The number of amides is 2. The molecule has 1 aromatic carbocycles. The summed E-state index contributed by atoms with van der Waals surface area (Å²) in [6.45, 7) is -0.610. The lowest BCUT2D eigenvalue weighted by Crippen LogP contribution is -2.50. The molecule has 2 aliphatic rings. The molecule has 1 heterocycles. The molecule has 0 N–H and O–H groups in total. The number of esters is 2. The fourth-order valence-electron chi connectivity index (χ4n) is 4.13. The summed E-state index contributed by atoms with van der Waals surface area (Å²) in [6.07, 6.45) is 2.57. The van der Waals surface area contributed by atoms with Crippen molar-refractivity contribution in [2.24, 2.45) is 5.92 Å². The van der Waals surface area contributed by atoms with Crippen LogP contribution >= 0.6 is 0 Å². The number of benzene rings is 1. The van der Waals surface area contributed by atoms with Crippen LogP contribution < -0.4 is 0 Å². The zero-order chi connectivity index (χ0) is 24.1. The molecule has 8 nitrogen and oxygen atoms in total. The number of halogens is 2. The second-order valence-corrected chi connectivity index (χ2v) is 8.45. The minimum Gasteiger partial charge on any atom is -0.468 e. The Bertz CT molecular complexity index is 920. The van der Waals surface area contributed by atoms with Gasteiger partial charge in [-0.25, -0.2) is 13.6 Å². The number of hydrogen-bond acceptors (Lipinski definition) is 6. The number of nitrogens with zero attached hydrogens (tertiary/aromatic N) is 2. The summed E-state index contributed by atoms with van der Waals surface area (Å²) in [5.74, 6) is -3.89. The van der Waals surface area contributed by atoms with Crippen LogP contribution in [0.25, 0.3) is 0 Å². The highest BCUT2D eigenvalue weighted by Gasteiger charge is 2.40. The SMILES string of the molecule is COC(=O)CN(C(=O)C[C@@H]1CCC(=O)N1Cc1cccc(F)c1F)[C@@H](CC1CC1)C(=O)OC. The lowest BCUT2D eigenvalue weighted by atomic mass is 10.0. The van der Waals surface area contributed by atoms with Crippen LogP contribution in [0.3, 0.4) is 0 Å². The third kappa shape index (κ3) is 6.06. The number of likely N-dealkylation sites (tertiary alicyclic amines) is 1. The number of ether oxygens (including phenoxy) is 2. The van der Waals surface area contributed by atoms with E-state index in [9.17, 15) is 28.0 Å².